The van der Waals surface area contributed by atoms with Gasteiger partial charge in [-0.1, -0.05) is 12.1 Å². The maximum Gasteiger partial charge on any atom is 0.269 e. The number of halogens is 1. The Hall–Kier alpha value is -3.00. The molecule has 2 unspecified atom stereocenters. The number of carbonyl (C=O) groups is 1. The summed E-state index contributed by atoms with van der Waals surface area (Å²) in [5, 5.41) is 14.1. The molecule has 0 saturated carbocycles. The maximum atomic E-state index is 13.2. The third-order valence-electron chi connectivity index (χ3n) is 6.00. The van der Waals surface area contributed by atoms with Gasteiger partial charge in [0.2, 0.25) is 5.91 Å². The smallest absolute Gasteiger partial charge is 0.269 e. The first-order chi connectivity index (χ1) is 14.5. The predicted octanol–water partition coefficient (Wildman–Crippen LogP) is 2.73. The van der Waals surface area contributed by atoms with Crippen LogP contribution in [0.5, 0.6) is 0 Å². The fourth-order valence-electron chi connectivity index (χ4n) is 4.58. The Morgan fingerprint density at radius 3 is 2.70 bits per heavy atom. The molecule has 1 amide bonds. The van der Waals surface area contributed by atoms with Crippen LogP contribution in [0.25, 0.3) is 0 Å². The van der Waals surface area contributed by atoms with Gasteiger partial charge in [-0.05, 0) is 42.7 Å². The van der Waals surface area contributed by atoms with E-state index in [9.17, 15) is 19.3 Å². The second kappa shape index (κ2) is 8.39. The number of amides is 1. The van der Waals surface area contributed by atoms with Crippen molar-refractivity contribution >= 4 is 17.3 Å². The van der Waals surface area contributed by atoms with Crippen LogP contribution in [0.3, 0.4) is 0 Å². The number of nitro benzene ring substituents is 1. The lowest BCUT2D eigenvalue weighted by atomic mass is 9.83. The number of hydrogen-bond donors (Lipinski definition) is 1. The zero-order chi connectivity index (χ0) is 21.3. The number of carbonyl (C=O) groups excluding carboxylic acids is 1. The summed E-state index contributed by atoms with van der Waals surface area (Å²) in [5.74, 6) is -0.554. The standard InChI is InChI=1S/C22H25FN4O3/c1-2-24-22(28)19-12-16-11-18(27(29)30)7-8-20(16)26-10-9-25(14-21(19)26)13-15-3-5-17(23)6-4-15/h3-8,11,19,21H,2,9-10,12-14H2,1H3,(H,24,28). The Kier molecular flexibility index (Phi) is 5.67. The molecule has 1 N–H and O–H groups in total. The normalized spacial score (nSPS) is 20.9. The van der Waals surface area contributed by atoms with Crippen LogP contribution in [0.4, 0.5) is 15.8 Å². The molecule has 7 nitrogen and oxygen atoms in total. The Bertz CT molecular complexity index is 950. The van der Waals surface area contributed by atoms with Gasteiger partial charge in [0.25, 0.3) is 5.69 Å². The summed E-state index contributed by atoms with van der Waals surface area (Å²) < 4.78 is 13.2. The summed E-state index contributed by atoms with van der Waals surface area (Å²) >= 11 is 0. The SMILES string of the molecule is CCNC(=O)C1Cc2cc([N+](=O)[O-])ccc2N2CCN(Cc3ccc(F)cc3)CC12. The largest absolute Gasteiger partial charge is 0.365 e. The fourth-order valence-corrected chi connectivity index (χ4v) is 4.58. The molecule has 0 aromatic heterocycles. The van der Waals surface area contributed by atoms with Crippen molar-refractivity contribution in [2.45, 2.75) is 25.9 Å². The Labute approximate surface area is 174 Å². The highest BCUT2D eigenvalue weighted by molar-refractivity contribution is 5.82. The lowest BCUT2D eigenvalue weighted by Gasteiger charge is -2.49. The molecule has 2 aliphatic rings. The number of hydrogen-bond acceptors (Lipinski definition) is 5. The molecule has 1 saturated heterocycles. The highest BCUT2D eigenvalue weighted by Gasteiger charge is 2.41. The molecule has 158 valence electrons. The highest BCUT2D eigenvalue weighted by atomic mass is 19.1. The number of rotatable bonds is 5. The van der Waals surface area contributed by atoms with Gasteiger partial charge in [0, 0.05) is 50.5 Å². The van der Waals surface area contributed by atoms with Crippen molar-refractivity contribution < 1.29 is 14.1 Å². The van der Waals surface area contributed by atoms with Gasteiger partial charge >= 0.3 is 0 Å². The van der Waals surface area contributed by atoms with Crippen LogP contribution < -0.4 is 10.2 Å². The lowest BCUT2D eigenvalue weighted by molar-refractivity contribution is -0.384. The molecular formula is C22H25FN4O3. The number of piperazine rings is 1. The average Bonchev–Trinajstić information content (AvgIpc) is 2.74. The van der Waals surface area contributed by atoms with E-state index in [-0.39, 0.29) is 29.4 Å². The molecule has 2 heterocycles. The minimum absolute atomic E-state index is 0.0142. The molecule has 0 aliphatic carbocycles. The number of fused-ring (bicyclic) bond motifs is 3. The van der Waals surface area contributed by atoms with E-state index in [0.29, 0.717) is 26.1 Å². The summed E-state index contributed by atoms with van der Waals surface area (Å²) in [5.41, 5.74) is 2.92. The molecule has 30 heavy (non-hydrogen) atoms. The molecule has 8 heteroatoms. The molecule has 0 spiro atoms. The van der Waals surface area contributed by atoms with E-state index >= 15 is 0 Å². The minimum Gasteiger partial charge on any atom is -0.365 e. The molecule has 2 aromatic rings. The van der Waals surface area contributed by atoms with E-state index in [0.717, 1.165) is 29.9 Å². The van der Waals surface area contributed by atoms with Crippen LogP contribution in [0.2, 0.25) is 0 Å². The second-order valence-electron chi connectivity index (χ2n) is 7.90. The summed E-state index contributed by atoms with van der Waals surface area (Å²) in [6.07, 6.45) is 0.481. The Morgan fingerprint density at radius 2 is 2.00 bits per heavy atom. The van der Waals surface area contributed by atoms with Crippen LogP contribution in [-0.4, -0.2) is 48.0 Å². The average molecular weight is 412 g/mol. The Morgan fingerprint density at radius 1 is 1.23 bits per heavy atom. The van der Waals surface area contributed by atoms with Crippen molar-refractivity contribution in [3.8, 4) is 0 Å². The predicted molar refractivity (Wildman–Crippen MR) is 112 cm³/mol. The number of benzene rings is 2. The number of anilines is 1. The van der Waals surface area contributed by atoms with Crippen molar-refractivity contribution in [3.05, 3.63) is 69.5 Å². The monoisotopic (exact) mass is 412 g/mol. The van der Waals surface area contributed by atoms with Crippen molar-refractivity contribution in [3.63, 3.8) is 0 Å². The molecule has 4 rings (SSSR count). The third-order valence-corrected chi connectivity index (χ3v) is 6.00. The van der Waals surface area contributed by atoms with E-state index < -0.39 is 4.92 Å². The van der Waals surface area contributed by atoms with E-state index in [1.54, 1.807) is 18.2 Å². The quantitative estimate of drug-likeness (QED) is 0.604. The van der Waals surface area contributed by atoms with Gasteiger partial charge in [-0.15, -0.1) is 0 Å². The van der Waals surface area contributed by atoms with E-state index in [1.807, 2.05) is 13.0 Å². The zero-order valence-electron chi connectivity index (χ0n) is 16.9. The lowest BCUT2D eigenvalue weighted by Crippen LogP contribution is -2.60. The summed E-state index contributed by atoms with van der Waals surface area (Å²) in [4.78, 5) is 28.2. The van der Waals surface area contributed by atoms with E-state index in [1.165, 1.54) is 18.2 Å². The van der Waals surface area contributed by atoms with Crippen molar-refractivity contribution in [2.24, 2.45) is 5.92 Å². The molecule has 2 atom stereocenters. The van der Waals surface area contributed by atoms with Crippen LogP contribution >= 0.6 is 0 Å². The summed E-state index contributed by atoms with van der Waals surface area (Å²) in [7, 11) is 0. The maximum absolute atomic E-state index is 13.2. The molecule has 2 aliphatic heterocycles. The number of non-ortho nitro benzene ring substituents is 1. The van der Waals surface area contributed by atoms with Gasteiger partial charge < -0.3 is 10.2 Å². The van der Waals surface area contributed by atoms with Gasteiger partial charge in [0.05, 0.1) is 16.9 Å². The van der Waals surface area contributed by atoms with Crippen LogP contribution in [0, 0.1) is 21.8 Å². The van der Waals surface area contributed by atoms with Crippen LogP contribution in [0.15, 0.2) is 42.5 Å². The van der Waals surface area contributed by atoms with E-state index in [4.69, 9.17) is 0 Å². The summed E-state index contributed by atoms with van der Waals surface area (Å²) in [6.45, 7) is 5.36. The molecular weight excluding hydrogens is 387 g/mol. The second-order valence-corrected chi connectivity index (χ2v) is 7.90. The molecule has 0 bridgehead atoms. The third kappa shape index (κ3) is 4.00. The minimum atomic E-state index is -0.395. The fraction of sp³-hybridized carbons (Fsp3) is 0.409. The zero-order valence-corrected chi connectivity index (χ0v) is 16.9. The molecule has 0 radical (unpaired) electrons. The van der Waals surface area contributed by atoms with E-state index in [2.05, 4.69) is 15.1 Å². The number of nitrogens with zero attached hydrogens (tertiary/aromatic N) is 3. The van der Waals surface area contributed by atoms with Crippen molar-refractivity contribution in [2.75, 3.05) is 31.1 Å². The Balaban J connectivity index is 1.60. The van der Waals surface area contributed by atoms with Gasteiger partial charge in [-0.3, -0.25) is 19.8 Å². The van der Waals surface area contributed by atoms with Gasteiger partial charge in [0.1, 0.15) is 5.82 Å². The molecule has 1 fully saturated rings. The van der Waals surface area contributed by atoms with Crippen molar-refractivity contribution in [1.29, 1.82) is 0 Å². The van der Waals surface area contributed by atoms with Crippen LogP contribution in [0.1, 0.15) is 18.1 Å². The summed E-state index contributed by atoms with van der Waals surface area (Å²) in [6, 6.07) is 11.4. The number of nitro groups is 1. The topological polar surface area (TPSA) is 78.7 Å². The van der Waals surface area contributed by atoms with Gasteiger partial charge in [0.15, 0.2) is 0 Å². The first-order valence-corrected chi connectivity index (χ1v) is 10.2. The molecule has 2 aromatic carbocycles. The van der Waals surface area contributed by atoms with Gasteiger partial charge in [-0.25, -0.2) is 4.39 Å². The van der Waals surface area contributed by atoms with Crippen molar-refractivity contribution in [1.82, 2.24) is 10.2 Å². The van der Waals surface area contributed by atoms with Gasteiger partial charge in [-0.2, -0.15) is 0 Å². The first kappa shape index (κ1) is 20.3. The van der Waals surface area contributed by atoms with Crippen LogP contribution in [-0.2, 0) is 17.8 Å². The number of nitrogens with one attached hydrogen (secondary N) is 1. The highest BCUT2D eigenvalue weighted by Crippen LogP contribution is 2.38. The first-order valence-electron chi connectivity index (χ1n) is 10.2.